The van der Waals surface area contributed by atoms with Gasteiger partial charge in [-0.15, -0.1) is 0 Å². The van der Waals surface area contributed by atoms with Crippen molar-refractivity contribution in [1.82, 2.24) is 0 Å². The van der Waals surface area contributed by atoms with E-state index in [0.29, 0.717) is 11.4 Å². The summed E-state index contributed by atoms with van der Waals surface area (Å²) < 4.78 is 0. The number of nitrogens with one attached hydrogen (secondary N) is 2. The van der Waals surface area contributed by atoms with Gasteiger partial charge in [-0.05, 0) is 36.4 Å². The zero-order valence-corrected chi connectivity index (χ0v) is 17.5. The molecule has 0 saturated carbocycles. The van der Waals surface area contributed by atoms with Crippen LogP contribution < -0.4 is 10.6 Å². The Morgan fingerprint density at radius 2 is 1.81 bits per heavy atom. The van der Waals surface area contributed by atoms with Gasteiger partial charge in [-0.25, -0.2) is 0 Å². The molecule has 0 spiro atoms. The van der Waals surface area contributed by atoms with E-state index < -0.39 is 10.8 Å². The molecule has 0 bridgehead atoms. The average molecular weight is 451 g/mol. The summed E-state index contributed by atoms with van der Waals surface area (Å²) in [6.45, 7) is 0. The van der Waals surface area contributed by atoms with Crippen LogP contribution in [0.1, 0.15) is 0 Å². The second-order valence-corrected chi connectivity index (χ2v) is 7.63. The van der Waals surface area contributed by atoms with Crippen LogP contribution in [0, 0.1) is 21.4 Å². The first-order valence-electron chi connectivity index (χ1n) is 8.92. The molecule has 154 valence electrons. The Morgan fingerprint density at radius 3 is 2.52 bits per heavy atom. The maximum Gasteiger partial charge on any atom is 0.289 e. The molecule has 0 unspecified atom stereocenters. The van der Waals surface area contributed by atoms with Gasteiger partial charge in [-0.2, -0.15) is 5.26 Å². The van der Waals surface area contributed by atoms with Crippen LogP contribution in [0.2, 0.25) is 5.02 Å². The SMILES string of the molecule is N#C/C(=C/Nc1ccc(Cl)c([N+](=O)[O-])c1)C(=O)Nc1ccccc1Sc1ccccc1. The van der Waals surface area contributed by atoms with Crippen molar-refractivity contribution in [2.45, 2.75) is 9.79 Å². The van der Waals surface area contributed by atoms with Crippen molar-refractivity contribution in [3.05, 3.63) is 99.7 Å². The quantitative estimate of drug-likeness (QED) is 0.202. The van der Waals surface area contributed by atoms with Gasteiger partial charge >= 0.3 is 0 Å². The van der Waals surface area contributed by atoms with E-state index in [0.717, 1.165) is 9.79 Å². The van der Waals surface area contributed by atoms with Crippen LogP contribution in [0.4, 0.5) is 17.1 Å². The molecule has 0 radical (unpaired) electrons. The molecule has 7 nitrogen and oxygen atoms in total. The van der Waals surface area contributed by atoms with Crippen molar-refractivity contribution >= 4 is 46.3 Å². The van der Waals surface area contributed by atoms with Crippen molar-refractivity contribution in [2.24, 2.45) is 0 Å². The van der Waals surface area contributed by atoms with Crippen LogP contribution in [0.15, 0.2) is 94.4 Å². The second-order valence-electron chi connectivity index (χ2n) is 6.10. The molecular weight excluding hydrogens is 436 g/mol. The molecule has 0 fully saturated rings. The first-order chi connectivity index (χ1) is 15.0. The van der Waals surface area contributed by atoms with Gasteiger partial charge in [0.15, 0.2) is 0 Å². The van der Waals surface area contributed by atoms with E-state index in [1.54, 1.807) is 12.1 Å². The number of halogens is 1. The third-order valence-corrected chi connectivity index (χ3v) is 5.40. The zero-order valence-electron chi connectivity index (χ0n) is 15.9. The topological polar surface area (TPSA) is 108 Å². The Morgan fingerprint density at radius 1 is 1.10 bits per heavy atom. The minimum Gasteiger partial charge on any atom is -0.360 e. The number of carbonyl (C=O) groups excluding carboxylic acids is 1. The number of hydrogen-bond acceptors (Lipinski definition) is 6. The van der Waals surface area contributed by atoms with Gasteiger partial charge in [0.1, 0.15) is 16.7 Å². The molecule has 1 amide bonds. The van der Waals surface area contributed by atoms with E-state index in [4.69, 9.17) is 11.6 Å². The predicted octanol–water partition coefficient (Wildman–Crippen LogP) is 5.86. The highest BCUT2D eigenvalue weighted by atomic mass is 35.5. The van der Waals surface area contributed by atoms with Gasteiger partial charge in [0.2, 0.25) is 0 Å². The minimum atomic E-state index is -0.615. The molecule has 31 heavy (non-hydrogen) atoms. The molecule has 0 heterocycles. The number of amides is 1. The minimum absolute atomic E-state index is 0.00898. The molecule has 0 aliphatic rings. The van der Waals surface area contributed by atoms with Crippen LogP contribution >= 0.6 is 23.4 Å². The monoisotopic (exact) mass is 450 g/mol. The molecular formula is C22H15ClN4O3S. The third-order valence-electron chi connectivity index (χ3n) is 4.00. The van der Waals surface area contributed by atoms with E-state index >= 15 is 0 Å². The number of nitrogens with zero attached hydrogens (tertiary/aromatic N) is 2. The molecule has 3 rings (SSSR count). The summed E-state index contributed by atoms with van der Waals surface area (Å²) in [5, 5.41) is 25.8. The molecule has 3 aromatic carbocycles. The van der Waals surface area contributed by atoms with E-state index in [-0.39, 0.29) is 16.3 Å². The summed E-state index contributed by atoms with van der Waals surface area (Å²) in [5.74, 6) is -0.612. The largest absolute Gasteiger partial charge is 0.360 e. The Hall–Kier alpha value is -3.80. The number of hydrogen-bond donors (Lipinski definition) is 2. The van der Waals surface area contributed by atoms with Crippen molar-refractivity contribution < 1.29 is 9.72 Å². The fourth-order valence-electron chi connectivity index (χ4n) is 2.51. The van der Waals surface area contributed by atoms with Gasteiger partial charge in [-0.3, -0.25) is 14.9 Å². The molecule has 0 aliphatic heterocycles. The Kier molecular flexibility index (Phi) is 7.27. The van der Waals surface area contributed by atoms with Crippen LogP contribution in [0.3, 0.4) is 0 Å². The van der Waals surface area contributed by atoms with Crippen molar-refractivity contribution in [3.8, 4) is 6.07 Å². The first-order valence-corrected chi connectivity index (χ1v) is 10.1. The standard InChI is InChI=1S/C22H15ClN4O3S/c23-18-11-10-16(12-20(18)27(29)30)25-14-15(13-24)22(28)26-19-8-4-5-9-21(19)31-17-6-2-1-3-7-17/h1-12,14,25H,(H,26,28)/b15-14-. The normalized spacial score (nSPS) is 10.8. The average Bonchev–Trinajstić information content (AvgIpc) is 2.77. The molecule has 3 aromatic rings. The highest BCUT2D eigenvalue weighted by Gasteiger charge is 2.14. The molecule has 0 atom stereocenters. The number of rotatable bonds is 7. The summed E-state index contributed by atoms with van der Waals surface area (Å²) >= 11 is 7.27. The maximum absolute atomic E-state index is 12.6. The number of nitro benzene ring substituents is 1. The summed E-state index contributed by atoms with van der Waals surface area (Å²) in [4.78, 5) is 24.8. The highest BCUT2D eigenvalue weighted by Crippen LogP contribution is 2.33. The lowest BCUT2D eigenvalue weighted by Gasteiger charge is -2.10. The Labute approximate surface area is 187 Å². The number of carbonyl (C=O) groups is 1. The Bertz CT molecular complexity index is 1190. The van der Waals surface area contributed by atoms with Gasteiger partial charge in [0.25, 0.3) is 11.6 Å². The fourth-order valence-corrected chi connectivity index (χ4v) is 3.62. The van der Waals surface area contributed by atoms with Crippen molar-refractivity contribution in [2.75, 3.05) is 10.6 Å². The number of benzene rings is 3. The van der Waals surface area contributed by atoms with Crippen LogP contribution in [-0.2, 0) is 4.79 Å². The van der Waals surface area contributed by atoms with E-state index in [1.807, 2.05) is 48.5 Å². The first kappa shape index (κ1) is 21.9. The zero-order chi connectivity index (χ0) is 22.2. The molecule has 2 N–H and O–H groups in total. The summed E-state index contributed by atoms with van der Waals surface area (Å²) in [6, 6.07) is 22.9. The third kappa shape index (κ3) is 5.85. The Balaban J connectivity index is 1.76. The highest BCUT2D eigenvalue weighted by molar-refractivity contribution is 7.99. The lowest BCUT2D eigenvalue weighted by atomic mass is 10.2. The molecule has 0 aliphatic carbocycles. The molecule has 0 aromatic heterocycles. The van der Waals surface area contributed by atoms with Gasteiger partial charge in [0, 0.05) is 27.7 Å². The number of para-hydroxylation sites is 1. The van der Waals surface area contributed by atoms with Crippen LogP contribution in [-0.4, -0.2) is 10.8 Å². The number of nitro groups is 1. The summed E-state index contributed by atoms with van der Waals surface area (Å²) in [6.07, 6.45) is 1.19. The fraction of sp³-hybridized carbons (Fsp3) is 0. The molecule has 0 saturated heterocycles. The second kappa shape index (κ2) is 10.3. The lowest BCUT2D eigenvalue weighted by molar-refractivity contribution is -0.384. The van der Waals surface area contributed by atoms with Crippen LogP contribution in [0.5, 0.6) is 0 Å². The van der Waals surface area contributed by atoms with Gasteiger partial charge in [-0.1, -0.05) is 53.7 Å². The summed E-state index contributed by atoms with van der Waals surface area (Å²) in [5.41, 5.74) is 0.397. The smallest absolute Gasteiger partial charge is 0.289 e. The summed E-state index contributed by atoms with van der Waals surface area (Å²) in [7, 11) is 0. The van der Waals surface area contributed by atoms with Crippen molar-refractivity contribution in [1.29, 1.82) is 5.26 Å². The predicted molar refractivity (Wildman–Crippen MR) is 121 cm³/mol. The van der Waals surface area contributed by atoms with E-state index in [9.17, 15) is 20.2 Å². The molecule has 9 heteroatoms. The van der Waals surface area contributed by atoms with Gasteiger partial charge in [0.05, 0.1) is 10.6 Å². The van der Waals surface area contributed by atoms with Gasteiger partial charge < -0.3 is 10.6 Å². The lowest BCUT2D eigenvalue weighted by Crippen LogP contribution is -2.15. The van der Waals surface area contributed by atoms with Crippen LogP contribution in [0.25, 0.3) is 0 Å². The van der Waals surface area contributed by atoms with Crippen molar-refractivity contribution in [3.63, 3.8) is 0 Å². The number of anilines is 2. The maximum atomic E-state index is 12.6. The number of nitriles is 1. The van der Waals surface area contributed by atoms with E-state index in [1.165, 1.54) is 36.2 Å². The van der Waals surface area contributed by atoms with E-state index in [2.05, 4.69) is 10.6 Å².